The Labute approximate surface area is 114 Å². The summed E-state index contributed by atoms with van der Waals surface area (Å²) in [4.78, 5) is 36.3. The molecule has 6 heteroatoms. The number of pyridine rings is 1. The van der Waals surface area contributed by atoms with Gasteiger partial charge in [0, 0.05) is 11.8 Å². The van der Waals surface area contributed by atoms with Gasteiger partial charge in [0.2, 0.25) is 5.56 Å². The van der Waals surface area contributed by atoms with Crippen molar-refractivity contribution in [3.63, 3.8) is 0 Å². The molecule has 0 radical (unpaired) electrons. The fourth-order valence-corrected chi connectivity index (χ4v) is 1.73. The Kier molecular flexibility index (Phi) is 3.95. The van der Waals surface area contributed by atoms with Crippen LogP contribution in [0.3, 0.4) is 0 Å². The van der Waals surface area contributed by atoms with Gasteiger partial charge in [-0.25, -0.2) is 0 Å². The maximum Gasteiger partial charge on any atom is 0.307 e. The molecule has 2 aromatic rings. The minimum atomic E-state index is -0.986. The van der Waals surface area contributed by atoms with Crippen LogP contribution in [0.25, 0.3) is 0 Å². The van der Waals surface area contributed by atoms with Gasteiger partial charge in [-0.05, 0) is 17.7 Å². The van der Waals surface area contributed by atoms with E-state index in [2.05, 4.69) is 10.3 Å². The van der Waals surface area contributed by atoms with E-state index in [9.17, 15) is 14.4 Å². The summed E-state index contributed by atoms with van der Waals surface area (Å²) >= 11 is 0. The average Bonchev–Trinajstić information content (AvgIpc) is 2.40. The number of hydrogen-bond acceptors (Lipinski definition) is 3. The molecule has 1 heterocycles. The summed E-state index contributed by atoms with van der Waals surface area (Å²) in [6.45, 7) is 0. The molecular formula is C14H12N2O4. The van der Waals surface area contributed by atoms with Gasteiger partial charge >= 0.3 is 5.97 Å². The number of carboxylic acids is 1. The van der Waals surface area contributed by atoms with Gasteiger partial charge in [0.1, 0.15) is 5.69 Å². The first-order chi connectivity index (χ1) is 9.56. The smallest absolute Gasteiger partial charge is 0.307 e. The fraction of sp³-hybridized carbons (Fsp3) is 0.0714. The third-order valence-corrected chi connectivity index (χ3v) is 2.62. The minimum Gasteiger partial charge on any atom is -0.481 e. The summed E-state index contributed by atoms with van der Waals surface area (Å²) in [7, 11) is 0. The lowest BCUT2D eigenvalue weighted by Gasteiger charge is -2.09. The molecule has 0 spiro atoms. The van der Waals surface area contributed by atoms with E-state index in [1.165, 1.54) is 18.2 Å². The quantitative estimate of drug-likeness (QED) is 0.780. The second-order valence-electron chi connectivity index (χ2n) is 4.11. The van der Waals surface area contributed by atoms with Gasteiger partial charge in [-0.2, -0.15) is 0 Å². The molecule has 0 fully saturated rings. The molecule has 6 nitrogen and oxygen atoms in total. The Morgan fingerprint density at radius 2 is 1.85 bits per heavy atom. The van der Waals surface area contributed by atoms with E-state index in [0.29, 0.717) is 11.3 Å². The van der Waals surface area contributed by atoms with Crippen molar-refractivity contribution in [3.05, 3.63) is 64.1 Å². The summed E-state index contributed by atoms with van der Waals surface area (Å²) in [6, 6.07) is 10.9. The fourth-order valence-electron chi connectivity index (χ4n) is 1.73. The van der Waals surface area contributed by atoms with Gasteiger partial charge < -0.3 is 15.4 Å². The molecule has 1 aromatic carbocycles. The highest BCUT2D eigenvalue weighted by molar-refractivity contribution is 6.03. The third-order valence-electron chi connectivity index (χ3n) is 2.62. The number of benzene rings is 1. The van der Waals surface area contributed by atoms with Crippen LogP contribution in [0.2, 0.25) is 0 Å². The number of nitrogens with one attached hydrogen (secondary N) is 2. The Hall–Kier alpha value is -2.89. The highest BCUT2D eigenvalue weighted by atomic mass is 16.4. The van der Waals surface area contributed by atoms with E-state index in [0.717, 1.165) is 0 Å². The number of aromatic nitrogens is 1. The number of carbonyl (C=O) groups excluding carboxylic acids is 1. The number of aromatic amines is 1. The van der Waals surface area contributed by atoms with Crippen LogP contribution in [0.4, 0.5) is 5.69 Å². The van der Waals surface area contributed by atoms with Crippen molar-refractivity contribution in [2.75, 3.05) is 5.32 Å². The Bertz CT molecular complexity index is 706. The molecule has 2 rings (SSSR count). The number of para-hydroxylation sites is 1. The van der Waals surface area contributed by atoms with Gasteiger partial charge in [0.25, 0.3) is 5.91 Å². The van der Waals surface area contributed by atoms with E-state index < -0.39 is 11.9 Å². The molecule has 0 aliphatic rings. The molecule has 102 valence electrons. The molecule has 0 saturated carbocycles. The summed E-state index contributed by atoms with van der Waals surface area (Å²) in [5, 5.41) is 11.4. The lowest BCUT2D eigenvalue weighted by Crippen LogP contribution is -2.19. The van der Waals surface area contributed by atoms with Gasteiger partial charge in [-0.3, -0.25) is 14.4 Å². The van der Waals surface area contributed by atoms with Crippen LogP contribution in [0, 0.1) is 0 Å². The zero-order valence-corrected chi connectivity index (χ0v) is 10.4. The predicted octanol–water partition coefficient (Wildman–Crippen LogP) is 1.25. The number of carbonyl (C=O) groups is 2. The largest absolute Gasteiger partial charge is 0.481 e. The van der Waals surface area contributed by atoms with Crippen molar-refractivity contribution < 1.29 is 14.7 Å². The van der Waals surface area contributed by atoms with Crippen LogP contribution in [0.15, 0.2) is 47.3 Å². The van der Waals surface area contributed by atoms with Crippen LogP contribution in [0.5, 0.6) is 0 Å². The molecule has 0 unspecified atom stereocenters. The molecule has 0 aliphatic carbocycles. The lowest BCUT2D eigenvalue weighted by atomic mass is 10.1. The van der Waals surface area contributed by atoms with E-state index in [1.807, 2.05) is 0 Å². The predicted molar refractivity (Wildman–Crippen MR) is 72.8 cm³/mol. The normalized spacial score (nSPS) is 10.0. The number of hydrogen-bond donors (Lipinski definition) is 3. The number of aliphatic carboxylic acids is 1. The lowest BCUT2D eigenvalue weighted by molar-refractivity contribution is -0.136. The first kappa shape index (κ1) is 13.5. The molecule has 0 saturated heterocycles. The van der Waals surface area contributed by atoms with Crippen LogP contribution in [-0.4, -0.2) is 22.0 Å². The number of amides is 1. The minimum absolute atomic E-state index is 0.114. The number of anilines is 1. The Balaban J connectivity index is 2.24. The van der Waals surface area contributed by atoms with E-state index >= 15 is 0 Å². The van der Waals surface area contributed by atoms with Crippen molar-refractivity contribution >= 4 is 17.6 Å². The first-order valence-corrected chi connectivity index (χ1v) is 5.86. The van der Waals surface area contributed by atoms with Gasteiger partial charge in [0.15, 0.2) is 0 Å². The summed E-state index contributed by atoms with van der Waals surface area (Å²) in [5.74, 6) is -1.49. The van der Waals surface area contributed by atoms with Gasteiger partial charge in [-0.1, -0.05) is 24.3 Å². The van der Waals surface area contributed by atoms with E-state index in [4.69, 9.17) is 5.11 Å². The van der Waals surface area contributed by atoms with Crippen LogP contribution >= 0.6 is 0 Å². The van der Waals surface area contributed by atoms with Crippen LogP contribution < -0.4 is 10.9 Å². The topological polar surface area (TPSA) is 99.3 Å². The maximum atomic E-state index is 12.0. The summed E-state index contributed by atoms with van der Waals surface area (Å²) in [5.41, 5.74) is 0.635. The van der Waals surface area contributed by atoms with E-state index in [-0.39, 0.29) is 17.7 Å². The molecule has 0 aliphatic heterocycles. The van der Waals surface area contributed by atoms with Crippen molar-refractivity contribution in [1.29, 1.82) is 0 Å². The number of carboxylic acid groups (broad SMARTS) is 1. The Morgan fingerprint density at radius 1 is 1.10 bits per heavy atom. The zero-order valence-electron chi connectivity index (χ0n) is 10.4. The number of rotatable bonds is 4. The van der Waals surface area contributed by atoms with Gasteiger partial charge in [0.05, 0.1) is 6.42 Å². The molecule has 20 heavy (non-hydrogen) atoms. The van der Waals surface area contributed by atoms with Crippen molar-refractivity contribution in [3.8, 4) is 0 Å². The summed E-state index contributed by atoms with van der Waals surface area (Å²) in [6.07, 6.45) is -0.193. The molecule has 1 amide bonds. The monoisotopic (exact) mass is 272 g/mol. The molecule has 0 bridgehead atoms. The van der Waals surface area contributed by atoms with Crippen molar-refractivity contribution in [2.45, 2.75) is 6.42 Å². The molecule has 0 atom stereocenters. The van der Waals surface area contributed by atoms with E-state index in [1.54, 1.807) is 24.3 Å². The third kappa shape index (κ3) is 3.32. The van der Waals surface area contributed by atoms with Gasteiger partial charge in [-0.15, -0.1) is 0 Å². The van der Waals surface area contributed by atoms with Crippen LogP contribution in [0.1, 0.15) is 16.1 Å². The number of H-pyrrole nitrogens is 1. The zero-order chi connectivity index (χ0) is 14.5. The SMILES string of the molecule is O=C(O)Cc1ccccc1NC(=O)c1cccc(=O)[nH]1. The molecule has 3 N–H and O–H groups in total. The van der Waals surface area contributed by atoms with Crippen LogP contribution in [-0.2, 0) is 11.2 Å². The average molecular weight is 272 g/mol. The standard InChI is InChI=1S/C14H12N2O4/c17-12-7-3-6-11(15-12)14(20)16-10-5-2-1-4-9(10)8-13(18)19/h1-7H,8H2,(H,15,17)(H,16,20)(H,18,19). The molecular weight excluding hydrogens is 260 g/mol. The molecule has 1 aromatic heterocycles. The maximum absolute atomic E-state index is 12.0. The first-order valence-electron chi connectivity index (χ1n) is 5.86. The van der Waals surface area contributed by atoms with Crippen molar-refractivity contribution in [2.24, 2.45) is 0 Å². The summed E-state index contributed by atoms with van der Waals surface area (Å²) < 4.78 is 0. The van der Waals surface area contributed by atoms with Crippen molar-refractivity contribution in [1.82, 2.24) is 4.98 Å². The highest BCUT2D eigenvalue weighted by Crippen LogP contribution is 2.16. The Morgan fingerprint density at radius 3 is 2.55 bits per heavy atom. The second kappa shape index (κ2) is 5.83. The second-order valence-corrected chi connectivity index (χ2v) is 4.11. The highest BCUT2D eigenvalue weighted by Gasteiger charge is 2.11.